The van der Waals surface area contributed by atoms with Crippen LogP contribution in [0.3, 0.4) is 0 Å². The normalized spacial score (nSPS) is 16.1. The van der Waals surface area contributed by atoms with Gasteiger partial charge < -0.3 is 19.1 Å². The molecule has 134 valence electrons. The third kappa shape index (κ3) is 6.17. The van der Waals surface area contributed by atoms with Gasteiger partial charge >= 0.3 is 0 Å². The molecule has 0 unspecified atom stereocenters. The van der Waals surface area contributed by atoms with E-state index >= 15 is 0 Å². The van der Waals surface area contributed by atoms with Crippen molar-refractivity contribution in [2.24, 2.45) is 5.92 Å². The molecule has 24 heavy (non-hydrogen) atoms. The van der Waals surface area contributed by atoms with E-state index in [-0.39, 0.29) is 0 Å². The molecule has 0 bridgehead atoms. The molecule has 0 amide bonds. The predicted molar refractivity (Wildman–Crippen MR) is 98.0 cm³/mol. The number of ether oxygens (including phenoxy) is 3. The molecular formula is C20H31NO3. The van der Waals surface area contributed by atoms with Crippen molar-refractivity contribution in [3.8, 4) is 11.5 Å². The summed E-state index contributed by atoms with van der Waals surface area (Å²) in [4.78, 5) is 2.49. The Kier molecular flexibility index (Phi) is 8.13. The van der Waals surface area contributed by atoms with Crippen molar-refractivity contribution < 1.29 is 14.2 Å². The van der Waals surface area contributed by atoms with Gasteiger partial charge in [0.1, 0.15) is 6.61 Å². The summed E-state index contributed by atoms with van der Waals surface area (Å²) in [7, 11) is 1.66. The zero-order valence-corrected chi connectivity index (χ0v) is 15.1. The largest absolute Gasteiger partial charge is 0.493 e. The molecule has 4 heteroatoms. The molecule has 0 atom stereocenters. The lowest BCUT2D eigenvalue weighted by Gasteiger charge is -2.29. The molecule has 0 aromatic heterocycles. The van der Waals surface area contributed by atoms with E-state index in [0.29, 0.717) is 13.2 Å². The van der Waals surface area contributed by atoms with Crippen molar-refractivity contribution >= 4 is 0 Å². The van der Waals surface area contributed by atoms with Crippen molar-refractivity contribution in [3.63, 3.8) is 0 Å². The van der Waals surface area contributed by atoms with Crippen LogP contribution in [0.1, 0.15) is 25.3 Å². The van der Waals surface area contributed by atoms with Crippen LogP contribution in [0, 0.1) is 5.92 Å². The third-order valence-corrected chi connectivity index (χ3v) is 4.52. The van der Waals surface area contributed by atoms with E-state index in [0.717, 1.165) is 37.0 Å². The predicted octanol–water partition coefficient (Wildman–Crippen LogP) is 3.55. The van der Waals surface area contributed by atoms with Gasteiger partial charge in [-0.3, -0.25) is 0 Å². The third-order valence-electron chi connectivity index (χ3n) is 4.52. The molecule has 1 aromatic carbocycles. The average molecular weight is 333 g/mol. The molecule has 0 aliphatic carbocycles. The molecule has 0 saturated carbocycles. The lowest BCUT2D eigenvalue weighted by molar-refractivity contribution is 0.0703. The fourth-order valence-corrected chi connectivity index (χ4v) is 2.92. The first kappa shape index (κ1) is 18.8. The van der Waals surface area contributed by atoms with Crippen LogP contribution in [0.4, 0.5) is 0 Å². The summed E-state index contributed by atoms with van der Waals surface area (Å²) >= 11 is 0. The maximum absolute atomic E-state index is 5.78. The second-order valence-electron chi connectivity index (χ2n) is 6.46. The molecule has 0 N–H and O–H groups in total. The maximum atomic E-state index is 5.78. The van der Waals surface area contributed by atoms with E-state index in [1.165, 1.54) is 31.5 Å². The summed E-state index contributed by atoms with van der Waals surface area (Å²) in [6.45, 7) is 11.4. The minimum Gasteiger partial charge on any atom is -0.493 e. The Morgan fingerprint density at radius 2 is 1.96 bits per heavy atom. The minimum atomic E-state index is 0.536. The van der Waals surface area contributed by atoms with Gasteiger partial charge in [0.25, 0.3) is 0 Å². The fourth-order valence-electron chi connectivity index (χ4n) is 2.92. The van der Waals surface area contributed by atoms with E-state index in [1.807, 2.05) is 24.3 Å². The Hall–Kier alpha value is -1.52. The fraction of sp³-hybridized carbons (Fsp3) is 0.600. The lowest BCUT2D eigenvalue weighted by atomic mass is 9.99. The molecule has 1 heterocycles. The van der Waals surface area contributed by atoms with Gasteiger partial charge in [-0.05, 0) is 56.0 Å². The Morgan fingerprint density at radius 3 is 2.67 bits per heavy atom. The van der Waals surface area contributed by atoms with Gasteiger partial charge in [-0.15, -0.1) is 6.58 Å². The zero-order valence-electron chi connectivity index (χ0n) is 15.1. The van der Waals surface area contributed by atoms with Crippen molar-refractivity contribution in [1.29, 1.82) is 0 Å². The average Bonchev–Trinajstić information content (AvgIpc) is 2.60. The maximum Gasteiger partial charge on any atom is 0.161 e. The Balaban J connectivity index is 1.62. The molecule has 0 radical (unpaired) electrons. The molecule has 1 aliphatic rings. The zero-order chi connectivity index (χ0) is 17.2. The molecule has 1 aromatic rings. The monoisotopic (exact) mass is 333 g/mol. The smallest absolute Gasteiger partial charge is 0.161 e. The van der Waals surface area contributed by atoms with Crippen LogP contribution in [0.25, 0.3) is 0 Å². The van der Waals surface area contributed by atoms with Crippen LogP contribution in [-0.4, -0.2) is 51.5 Å². The number of benzene rings is 1. The van der Waals surface area contributed by atoms with Crippen LogP contribution >= 0.6 is 0 Å². The second-order valence-corrected chi connectivity index (χ2v) is 6.46. The Labute approximate surface area is 146 Å². The summed E-state index contributed by atoms with van der Waals surface area (Å²) < 4.78 is 16.9. The van der Waals surface area contributed by atoms with Crippen LogP contribution in [-0.2, 0) is 11.2 Å². The van der Waals surface area contributed by atoms with Gasteiger partial charge in [-0.25, -0.2) is 0 Å². The van der Waals surface area contributed by atoms with E-state index in [9.17, 15) is 0 Å². The quantitative estimate of drug-likeness (QED) is 0.484. The number of hydrogen-bond acceptors (Lipinski definition) is 4. The van der Waals surface area contributed by atoms with Gasteiger partial charge in [-0.1, -0.05) is 19.1 Å². The molecule has 2 rings (SSSR count). The second kappa shape index (κ2) is 10.4. The van der Waals surface area contributed by atoms with E-state index < -0.39 is 0 Å². The van der Waals surface area contributed by atoms with Gasteiger partial charge in [0.2, 0.25) is 0 Å². The van der Waals surface area contributed by atoms with Crippen LogP contribution in [0.15, 0.2) is 30.9 Å². The Morgan fingerprint density at radius 1 is 1.17 bits per heavy atom. The number of rotatable bonds is 10. The highest BCUT2D eigenvalue weighted by molar-refractivity contribution is 5.43. The van der Waals surface area contributed by atoms with Crippen LogP contribution in [0.2, 0.25) is 0 Å². The molecule has 4 nitrogen and oxygen atoms in total. The SMILES string of the molecule is C=CCc1ccc(OCCOCCN2CCC(C)CC2)c(OC)c1. The molecule has 1 fully saturated rings. The number of piperidine rings is 1. The van der Waals surface area contributed by atoms with Crippen molar-refractivity contribution in [3.05, 3.63) is 36.4 Å². The molecule has 1 aliphatic heterocycles. The van der Waals surface area contributed by atoms with Crippen molar-refractivity contribution in [1.82, 2.24) is 4.90 Å². The summed E-state index contributed by atoms with van der Waals surface area (Å²) in [6, 6.07) is 5.99. The number of nitrogens with zero attached hydrogens (tertiary/aromatic N) is 1. The highest BCUT2D eigenvalue weighted by Crippen LogP contribution is 2.28. The first-order chi connectivity index (χ1) is 11.7. The number of hydrogen-bond donors (Lipinski definition) is 0. The molecule has 0 spiro atoms. The van der Waals surface area contributed by atoms with E-state index in [4.69, 9.17) is 14.2 Å². The van der Waals surface area contributed by atoms with Gasteiger partial charge in [0, 0.05) is 6.54 Å². The van der Waals surface area contributed by atoms with Crippen molar-refractivity contribution in [2.45, 2.75) is 26.2 Å². The number of likely N-dealkylation sites (tertiary alicyclic amines) is 1. The summed E-state index contributed by atoms with van der Waals surface area (Å²) in [6.07, 6.45) is 5.33. The highest BCUT2D eigenvalue weighted by atomic mass is 16.5. The first-order valence-corrected chi connectivity index (χ1v) is 8.93. The molecular weight excluding hydrogens is 302 g/mol. The van der Waals surface area contributed by atoms with Crippen LogP contribution in [0.5, 0.6) is 11.5 Å². The van der Waals surface area contributed by atoms with E-state index in [1.54, 1.807) is 7.11 Å². The standard InChI is InChI=1S/C20H31NO3/c1-4-5-18-6-7-19(20(16-18)22-3)24-15-14-23-13-12-21-10-8-17(2)9-11-21/h4,6-7,16-17H,1,5,8-15H2,2-3H3. The highest BCUT2D eigenvalue weighted by Gasteiger charge is 2.14. The Bertz CT molecular complexity index is 496. The first-order valence-electron chi connectivity index (χ1n) is 8.93. The van der Waals surface area contributed by atoms with Gasteiger partial charge in [-0.2, -0.15) is 0 Å². The van der Waals surface area contributed by atoms with Gasteiger partial charge in [0.15, 0.2) is 11.5 Å². The van der Waals surface area contributed by atoms with Gasteiger partial charge in [0.05, 0.1) is 20.3 Å². The van der Waals surface area contributed by atoms with Crippen molar-refractivity contribution in [2.75, 3.05) is 46.6 Å². The topological polar surface area (TPSA) is 30.9 Å². The minimum absolute atomic E-state index is 0.536. The summed E-state index contributed by atoms with van der Waals surface area (Å²) in [5, 5.41) is 0. The summed E-state index contributed by atoms with van der Waals surface area (Å²) in [5.41, 5.74) is 1.17. The molecule has 1 saturated heterocycles. The lowest BCUT2D eigenvalue weighted by Crippen LogP contribution is -2.35. The van der Waals surface area contributed by atoms with Crippen LogP contribution < -0.4 is 9.47 Å². The summed E-state index contributed by atoms with van der Waals surface area (Å²) in [5.74, 6) is 2.40. The number of methoxy groups -OCH3 is 1. The number of allylic oxidation sites excluding steroid dienone is 1. The van der Waals surface area contributed by atoms with E-state index in [2.05, 4.69) is 18.4 Å².